The van der Waals surface area contributed by atoms with E-state index in [0.29, 0.717) is 6.04 Å². The molecule has 3 nitrogen and oxygen atoms in total. The lowest BCUT2D eigenvalue weighted by Gasteiger charge is -2.24. The summed E-state index contributed by atoms with van der Waals surface area (Å²) in [6.07, 6.45) is 3.85. The molecule has 1 atom stereocenters. The highest BCUT2D eigenvalue weighted by atomic mass is 16.5. The van der Waals surface area contributed by atoms with Gasteiger partial charge in [0.2, 0.25) is 0 Å². The fourth-order valence-electron chi connectivity index (χ4n) is 3.24. The fourth-order valence-corrected chi connectivity index (χ4v) is 3.24. The molecular formula is C16H22N2O. The van der Waals surface area contributed by atoms with Gasteiger partial charge >= 0.3 is 0 Å². The average molecular weight is 258 g/mol. The number of aryl methyl sites for hydroxylation is 1. The molecule has 0 radical (unpaired) electrons. The Morgan fingerprint density at radius 3 is 2.84 bits per heavy atom. The zero-order valence-electron chi connectivity index (χ0n) is 12.0. The van der Waals surface area contributed by atoms with Crippen molar-refractivity contribution in [3.63, 3.8) is 0 Å². The summed E-state index contributed by atoms with van der Waals surface area (Å²) in [7, 11) is 3.88. The summed E-state index contributed by atoms with van der Waals surface area (Å²) in [4.78, 5) is 0. The van der Waals surface area contributed by atoms with Gasteiger partial charge in [0.05, 0.1) is 7.11 Å². The molecule has 0 aliphatic carbocycles. The Morgan fingerprint density at radius 1 is 1.32 bits per heavy atom. The smallest absolute Gasteiger partial charge is 0.119 e. The molecule has 2 heterocycles. The molecule has 0 bridgehead atoms. The maximum absolute atomic E-state index is 5.38. The van der Waals surface area contributed by atoms with Crippen molar-refractivity contribution in [2.75, 3.05) is 13.7 Å². The van der Waals surface area contributed by atoms with Gasteiger partial charge in [-0.3, -0.25) is 0 Å². The number of benzene rings is 1. The minimum absolute atomic E-state index is 0.490. The molecule has 0 amide bonds. The van der Waals surface area contributed by atoms with E-state index >= 15 is 0 Å². The molecule has 1 aliphatic rings. The molecule has 102 valence electrons. The number of ether oxygens (including phenoxy) is 1. The molecule has 1 aromatic heterocycles. The summed E-state index contributed by atoms with van der Waals surface area (Å²) in [5.41, 5.74) is 4.11. The molecule has 1 aromatic carbocycles. The lowest BCUT2D eigenvalue weighted by Crippen LogP contribution is -2.27. The first kappa shape index (κ1) is 12.5. The van der Waals surface area contributed by atoms with Gasteiger partial charge in [0.1, 0.15) is 5.75 Å². The van der Waals surface area contributed by atoms with Gasteiger partial charge < -0.3 is 14.6 Å². The van der Waals surface area contributed by atoms with Crippen molar-refractivity contribution in [3.05, 3.63) is 29.5 Å². The van der Waals surface area contributed by atoms with Crippen LogP contribution in [0.25, 0.3) is 10.9 Å². The summed E-state index contributed by atoms with van der Waals surface area (Å²) in [6.45, 7) is 3.35. The van der Waals surface area contributed by atoms with Crippen molar-refractivity contribution in [1.29, 1.82) is 0 Å². The van der Waals surface area contributed by atoms with Crippen LogP contribution >= 0.6 is 0 Å². The number of hydrogen-bond acceptors (Lipinski definition) is 2. The molecule has 1 aliphatic heterocycles. The highest BCUT2D eigenvalue weighted by Gasteiger charge is 2.22. The van der Waals surface area contributed by atoms with E-state index in [0.717, 1.165) is 12.3 Å². The highest BCUT2D eigenvalue weighted by molar-refractivity contribution is 5.87. The molecule has 1 unspecified atom stereocenters. The number of aromatic nitrogens is 1. The normalized spacial score (nSPS) is 19.8. The number of rotatable bonds is 2. The molecule has 1 fully saturated rings. The van der Waals surface area contributed by atoms with E-state index in [1.54, 1.807) is 7.11 Å². The molecule has 3 heteroatoms. The van der Waals surface area contributed by atoms with E-state index in [9.17, 15) is 0 Å². The molecular weight excluding hydrogens is 236 g/mol. The third kappa shape index (κ3) is 2.02. The van der Waals surface area contributed by atoms with Gasteiger partial charge in [-0.2, -0.15) is 0 Å². The monoisotopic (exact) mass is 258 g/mol. The molecule has 1 saturated heterocycles. The molecule has 2 aromatic rings. The fraction of sp³-hybridized carbons (Fsp3) is 0.500. The van der Waals surface area contributed by atoms with Crippen LogP contribution in [-0.2, 0) is 7.05 Å². The van der Waals surface area contributed by atoms with Gasteiger partial charge in [0.15, 0.2) is 0 Å². The van der Waals surface area contributed by atoms with Crippen molar-refractivity contribution >= 4 is 10.9 Å². The van der Waals surface area contributed by atoms with E-state index in [-0.39, 0.29) is 0 Å². The Kier molecular flexibility index (Phi) is 3.23. The summed E-state index contributed by atoms with van der Waals surface area (Å²) in [5.74, 6) is 0.940. The van der Waals surface area contributed by atoms with E-state index in [2.05, 4.69) is 36.0 Å². The Bertz CT molecular complexity index is 594. The Morgan fingerprint density at radius 2 is 2.16 bits per heavy atom. The van der Waals surface area contributed by atoms with Crippen molar-refractivity contribution in [3.8, 4) is 5.75 Å². The molecule has 3 rings (SSSR count). The second kappa shape index (κ2) is 4.89. The summed E-state index contributed by atoms with van der Waals surface area (Å²) >= 11 is 0. The quantitative estimate of drug-likeness (QED) is 0.894. The van der Waals surface area contributed by atoms with Crippen LogP contribution in [0.3, 0.4) is 0 Å². The number of hydrogen-bond donors (Lipinski definition) is 1. The zero-order chi connectivity index (χ0) is 13.4. The second-order valence-electron chi connectivity index (χ2n) is 5.44. The first-order chi connectivity index (χ1) is 9.22. The van der Waals surface area contributed by atoms with Crippen LogP contribution in [0.15, 0.2) is 18.2 Å². The van der Waals surface area contributed by atoms with Gasteiger partial charge in [-0.25, -0.2) is 0 Å². The van der Waals surface area contributed by atoms with Crippen LogP contribution in [0.5, 0.6) is 5.75 Å². The van der Waals surface area contributed by atoms with Gasteiger partial charge in [0.25, 0.3) is 0 Å². The van der Waals surface area contributed by atoms with Crippen LogP contribution in [-0.4, -0.2) is 18.2 Å². The third-order valence-electron chi connectivity index (χ3n) is 4.41. The Hall–Kier alpha value is -1.48. The molecule has 0 spiro atoms. The van der Waals surface area contributed by atoms with Crippen molar-refractivity contribution < 1.29 is 4.74 Å². The van der Waals surface area contributed by atoms with Gasteiger partial charge in [-0.15, -0.1) is 0 Å². The first-order valence-corrected chi connectivity index (χ1v) is 7.08. The zero-order valence-corrected chi connectivity index (χ0v) is 12.0. The maximum atomic E-state index is 5.38. The van der Waals surface area contributed by atoms with Gasteiger partial charge in [0, 0.05) is 29.7 Å². The van der Waals surface area contributed by atoms with Crippen molar-refractivity contribution in [2.24, 2.45) is 7.05 Å². The van der Waals surface area contributed by atoms with E-state index in [1.165, 1.54) is 41.4 Å². The van der Waals surface area contributed by atoms with Crippen LogP contribution in [0, 0.1) is 6.92 Å². The topological polar surface area (TPSA) is 26.2 Å². The summed E-state index contributed by atoms with van der Waals surface area (Å²) < 4.78 is 7.68. The minimum atomic E-state index is 0.490. The Balaban J connectivity index is 2.17. The van der Waals surface area contributed by atoms with E-state index in [1.807, 2.05) is 6.07 Å². The number of fused-ring (bicyclic) bond motifs is 1. The van der Waals surface area contributed by atoms with Crippen LogP contribution in [0.1, 0.15) is 36.6 Å². The van der Waals surface area contributed by atoms with E-state index < -0.39 is 0 Å². The van der Waals surface area contributed by atoms with Gasteiger partial charge in [-0.1, -0.05) is 6.42 Å². The largest absolute Gasteiger partial charge is 0.497 e. The average Bonchev–Trinajstić information content (AvgIpc) is 2.71. The summed E-state index contributed by atoms with van der Waals surface area (Å²) in [5, 5.41) is 5.00. The predicted molar refractivity (Wildman–Crippen MR) is 78.8 cm³/mol. The third-order valence-corrected chi connectivity index (χ3v) is 4.41. The molecule has 0 saturated carbocycles. The number of nitrogens with one attached hydrogen (secondary N) is 1. The SMILES string of the molecule is COc1ccc2c(c1)c(C1CCCCN1)c(C)n2C. The van der Waals surface area contributed by atoms with E-state index in [4.69, 9.17) is 4.74 Å². The predicted octanol–water partition coefficient (Wildman–Crippen LogP) is 3.31. The minimum Gasteiger partial charge on any atom is -0.497 e. The number of piperidine rings is 1. The number of nitrogens with zero attached hydrogens (tertiary/aromatic N) is 1. The Labute approximate surface area is 114 Å². The van der Waals surface area contributed by atoms with Crippen LogP contribution < -0.4 is 10.1 Å². The lowest BCUT2D eigenvalue weighted by molar-refractivity contribution is 0.411. The highest BCUT2D eigenvalue weighted by Crippen LogP contribution is 2.35. The standard InChI is InChI=1S/C16H22N2O/c1-11-16(14-6-4-5-9-17-14)13-10-12(19-3)7-8-15(13)18(11)2/h7-8,10,14,17H,4-6,9H2,1-3H3. The number of methoxy groups -OCH3 is 1. The maximum Gasteiger partial charge on any atom is 0.119 e. The van der Waals surface area contributed by atoms with Crippen LogP contribution in [0.4, 0.5) is 0 Å². The second-order valence-corrected chi connectivity index (χ2v) is 5.44. The van der Waals surface area contributed by atoms with Crippen molar-refractivity contribution in [2.45, 2.75) is 32.2 Å². The lowest BCUT2D eigenvalue weighted by atomic mass is 9.95. The van der Waals surface area contributed by atoms with Gasteiger partial charge in [-0.05, 0) is 50.1 Å². The molecule has 19 heavy (non-hydrogen) atoms. The molecule has 1 N–H and O–H groups in total. The van der Waals surface area contributed by atoms with Crippen LogP contribution in [0.2, 0.25) is 0 Å². The first-order valence-electron chi connectivity index (χ1n) is 7.08. The van der Waals surface area contributed by atoms with Crippen molar-refractivity contribution in [1.82, 2.24) is 9.88 Å². The summed E-state index contributed by atoms with van der Waals surface area (Å²) in [6, 6.07) is 6.87.